The van der Waals surface area contributed by atoms with Crippen molar-refractivity contribution < 1.29 is 19.4 Å². The van der Waals surface area contributed by atoms with Crippen molar-refractivity contribution in [2.24, 2.45) is 15.8 Å². The minimum atomic E-state index is -1.26. The lowest BCUT2D eigenvalue weighted by Crippen LogP contribution is -2.45. The van der Waals surface area contributed by atoms with Gasteiger partial charge in [-0.25, -0.2) is 9.79 Å². The second-order valence-electron chi connectivity index (χ2n) is 7.48. The number of hydrogen-bond acceptors (Lipinski definition) is 5. The topological polar surface area (TPSA) is 68.1 Å². The van der Waals surface area contributed by atoms with Crippen LogP contribution in [0, 0.1) is 10.8 Å². The first-order valence-corrected chi connectivity index (χ1v) is 7.77. The SMILES string of the molecule is CCOC(=O)C1=C(O)C(OCC)(C(C)(C)C)N=C1C(C)(C)C. The Balaban J connectivity index is 3.62. The predicted molar refractivity (Wildman–Crippen MR) is 87.0 cm³/mol. The van der Waals surface area contributed by atoms with Crippen LogP contribution in [0.2, 0.25) is 0 Å². The Hall–Kier alpha value is -1.36. The molecule has 0 aromatic carbocycles. The van der Waals surface area contributed by atoms with Gasteiger partial charge in [-0.2, -0.15) is 0 Å². The van der Waals surface area contributed by atoms with E-state index in [1.807, 2.05) is 48.5 Å². The van der Waals surface area contributed by atoms with E-state index >= 15 is 0 Å². The number of aliphatic imine (C=N–C) groups is 1. The Morgan fingerprint density at radius 2 is 1.68 bits per heavy atom. The lowest BCUT2D eigenvalue weighted by Gasteiger charge is -2.38. The lowest BCUT2D eigenvalue weighted by molar-refractivity contribution is -0.138. The number of rotatable bonds is 4. The fourth-order valence-corrected chi connectivity index (χ4v) is 2.54. The first-order valence-electron chi connectivity index (χ1n) is 7.77. The van der Waals surface area contributed by atoms with Crippen LogP contribution >= 0.6 is 0 Å². The summed E-state index contributed by atoms with van der Waals surface area (Å²) in [5.41, 5.74) is -1.53. The van der Waals surface area contributed by atoms with Crippen LogP contribution in [0.4, 0.5) is 0 Å². The maximum Gasteiger partial charge on any atom is 0.343 e. The van der Waals surface area contributed by atoms with Gasteiger partial charge in [0.05, 0.1) is 12.3 Å². The first-order chi connectivity index (χ1) is 9.92. The van der Waals surface area contributed by atoms with Gasteiger partial charge in [0.25, 0.3) is 0 Å². The van der Waals surface area contributed by atoms with Gasteiger partial charge in [-0.15, -0.1) is 0 Å². The Bertz CT molecular complexity index is 506. The molecule has 0 aliphatic carbocycles. The molecule has 0 saturated heterocycles. The third-order valence-corrected chi connectivity index (χ3v) is 3.62. The number of carbonyl (C=O) groups excluding carboxylic acids is 1. The minimum absolute atomic E-state index is 0.137. The van der Waals surface area contributed by atoms with Crippen LogP contribution in [0.15, 0.2) is 16.3 Å². The Morgan fingerprint density at radius 1 is 1.14 bits per heavy atom. The van der Waals surface area contributed by atoms with Gasteiger partial charge in [-0.1, -0.05) is 41.5 Å². The summed E-state index contributed by atoms with van der Waals surface area (Å²) in [6, 6.07) is 0. The number of nitrogens with zero attached hydrogens (tertiary/aromatic N) is 1. The van der Waals surface area contributed by atoms with Gasteiger partial charge in [-0.05, 0) is 13.8 Å². The number of aliphatic hydroxyl groups is 1. The van der Waals surface area contributed by atoms with Crippen LogP contribution in [0.1, 0.15) is 55.4 Å². The standard InChI is InChI=1S/C17H29NO4/c1-9-21-14(20)11-12(15(3,4)5)18-17(13(11)19,22-10-2)16(6,7)8/h19H,9-10H2,1-8H3. The number of hydrogen-bond donors (Lipinski definition) is 1. The molecular weight excluding hydrogens is 282 g/mol. The van der Waals surface area contributed by atoms with Crippen molar-refractivity contribution in [3.63, 3.8) is 0 Å². The van der Waals surface area contributed by atoms with Crippen molar-refractivity contribution in [3.8, 4) is 0 Å². The zero-order chi connectivity index (χ0) is 17.3. The summed E-state index contributed by atoms with van der Waals surface area (Å²) in [7, 11) is 0. The number of esters is 1. The highest BCUT2D eigenvalue weighted by atomic mass is 16.5. The maximum atomic E-state index is 12.4. The van der Waals surface area contributed by atoms with E-state index in [9.17, 15) is 9.90 Å². The van der Waals surface area contributed by atoms with E-state index in [0.29, 0.717) is 12.3 Å². The number of aliphatic hydroxyl groups excluding tert-OH is 1. The zero-order valence-corrected chi connectivity index (χ0v) is 15.0. The van der Waals surface area contributed by atoms with Crippen LogP contribution in [0.3, 0.4) is 0 Å². The molecule has 5 heteroatoms. The van der Waals surface area contributed by atoms with Crippen molar-refractivity contribution in [2.75, 3.05) is 13.2 Å². The molecule has 0 aromatic heterocycles. The highest BCUT2D eigenvalue weighted by Crippen LogP contribution is 2.47. The second-order valence-corrected chi connectivity index (χ2v) is 7.48. The number of ether oxygens (including phenoxy) is 2. The molecule has 0 amide bonds. The summed E-state index contributed by atoms with van der Waals surface area (Å²) < 4.78 is 11.0. The summed E-state index contributed by atoms with van der Waals surface area (Å²) in [5.74, 6) is -0.704. The Labute approximate surface area is 133 Å². The highest BCUT2D eigenvalue weighted by molar-refractivity contribution is 6.23. The van der Waals surface area contributed by atoms with Crippen LogP contribution in [0.5, 0.6) is 0 Å². The molecule has 0 spiro atoms. The molecule has 0 aromatic rings. The quantitative estimate of drug-likeness (QED) is 0.805. The van der Waals surface area contributed by atoms with E-state index in [4.69, 9.17) is 9.47 Å². The van der Waals surface area contributed by atoms with E-state index in [-0.39, 0.29) is 17.9 Å². The zero-order valence-electron chi connectivity index (χ0n) is 15.0. The third-order valence-electron chi connectivity index (χ3n) is 3.62. The van der Waals surface area contributed by atoms with Gasteiger partial charge in [0, 0.05) is 17.4 Å². The van der Waals surface area contributed by atoms with E-state index in [2.05, 4.69) is 4.99 Å². The molecule has 126 valence electrons. The van der Waals surface area contributed by atoms with E-state index in [0.717, 1.165) is 0 Å². The summed E-state index contributed by atoms with van der Waals surface area (Å²) in [5, 5.41) is 10.8. The van der Waals surface area contributed by atoms with E-state index in [1.165, 1.54) is 0 Å². The molecule has 0 radical (unpaired) electrons. The molecular formula is C17H29NO4. The third kappa shape index (κ3) is 3.05. The molecule has 22 heavy (non-hydrogen) atoms. The Kier molecular flexibility index (Phi) is 5.12. The summed E-state index contributed by atoms with van der Waals surface area (Å²) in [6.45, 7) is 15.8. The van der Waals surface area contributed by atoms with Crippen LogP contribution in [-0.4, -0.2) is 35.7 Å². The molecule has 1 aliphatic heterocycles. The van der Waals surface area contributed by atoms with Gasteiger partial charge >= 0.3 is 5.97 Å². The Morgan fingerprint density at radius 3 is 2.05 bits per heavy atom. The fraction of sp³-hybridized carbons (Fsp3) is 0.765. The van der Waals surface area contributed by atoms with Gasteiger partial charge in [-0.3, -0.25) is 0 Å². The predicted octanol–water partition coefficient (Wildman–Crippen LogP) is 3.64. The van der Waals surface area contributed by atoms with E-state index < -0.39 is 22.5 Å². The summed E-state index contributed by atoms with van der Waals surface area (Å²) in [4.78, 5) is 17.0. The molecule has 0 fully saturated rings. The first kappa shape index (κ1) is 18.7. The molecule has 0 saturated carbocycles. The highest BCUT2D eigenvalue weighted by Gasteiger charge is 2.55. The largest absolute Gasteiger partial charge is 0.506 e. The van der Waals surface area contributed by atoms with E-state index in [1.54, 1.807) is 6.92 Å². The van der Waals surface area contributed by atoms with Crippen molar-refractivity contribution in [2.45, 2.75) is 61.1 Å². The fourth-order valence-electron chi connectivity index (χ4n) is 2.54. The van der Waals surface area contributed by atoms with Crippen molar-refractivity contribution in [3.05, 3.63) is 11.3 Å². The van der Waals surface area contributed by atoms with Gasteiger partial charge in [0.2, 0.25) is 5.72 Å². The van der Waals surface area contributed by atoms with Crippen LogP contribution in [-0.2, 0) is 14.3 Å². The molecule has 1 aliphatic rings. The van der Waals surface area contributed by atoms with Gasteiger partial charge in [0.1, 0.15) is 5.57 Å². The molecule has 1 heterocycles. The van der Waals surface area contributed by atoms with Crippen molar-refractivity contribution in [1.82, 2.24) is 0 Å². The molecule has 1 N–H and O–H groups in total. The maximum absolute atomic E-state index is 12.4. The normalized spacial score (nSPS) is 22.8. The van der Waals surface area contributed by atoms with Crippen molar-refractivity contribution in [1.29, 1.82) is 0 Å². The van der Waals surface area contributed by atoms with Crippen LogP contribution in [0.25, 0.3) is 0 Å². The monoisotopic (exact) mass is 311 g/mol. The molecule has 1 unspecified atom stereocenters. The second kappa shape index (κ2) is 6.03. The molecule has 1 atom stereocenters. The van der Waals surface area contributed by atoms with Crippen LogP contribution < -0.4 is 0 Å². The average molecular weight is 311 g/mol. The average Bonchev–Trinajstić information content (AvgIpc) is 2.64. The minimum Gasteiger partial charge on any atom is -0.506 e. The molecule has 5 nitrogen and oxygen atoms in total. The lowest BCUT2D eigenvalue weighted by atomic mass is 9.81. The molecule has 1 rings (SSSR count). The van der Waals surface area contributed by atoms with Gasteiger partial charge in [0.15, 0.2) is 5.76 Å². The van der Waals surface area contributed by atoms with Crippen molar-refractivity contribution >= 4 is 11.7 Å². The summed E-state index contributed by atoms with van der Waals surface area (Å²) in [6.07, 6.45) is 0. The molecule has 0 bridgehead atoms. The number of carbonyl (C=O) groups is 1. The van der Waals surface area contributed by atoms with Gasteiger partial charge < -0.3 is 14.6 Å². The summed E-state index contributed by atoms with van der Waals surface area (Å²) >= 11 is 0. The smallest absolute Gasteiger partial charge is 0.343 e.